The van der Waals surface area contributed by atoms with Gasteiger partial charge in [-0.25, -0.2) is 14.6 Å². The molecule has 0 spiro atoms. The number of esters is 1. The number of nitrogens with zero attached hydrogens (tertiary/aromatic N) is 1. The molecule has 0 unspecified atom stereocenters. The first kappa shape index (κ1) is 24.5. The number of aliphatic carboxylic acids is 1. The minimum atomic E-state index is -5.08. The van der Waals surface area contributed by atoms with Crippen LogP contribution in [-0.4, -0.2) is 58.3 Å². The van der Waals surface area contributed by atoms with Crippen LogP contribution in [-0.2, 0) is 25.5 Å². The van der Waals surface area contributed by atoms with Crippen LogP contribution < -0.4 is 10.6 Å². The maximum atomic E-state index is 12.3. The minimum absolute atomic E-state index is 0.264. The van der Waals surface area contributed by atoms with Gasteiger partial charge in [-0.15, -0.1) is 0 Å². The van der Waals surface area contributed by atoms with Gasteiger partial charge in [-0.3, -0.25) is 4.79 Å². The molecule has 4 N–H and O–H groups in total. The largest absolute Gasteiger partial charge is 0.490 e. The molecule has 1 heterocycles. The van der Waals surface area contributed by atoms with E-state index in [1.54, 1.807) is 13.1 Å². The number of alkyl halides is 3. The van der Waals surface area contributed by atoms with Crippen molar-refractivity contribution in [2.75, 3.05) is 12.4 Å². The van der Waals surface area contributed by atoms with Crippen LogP contribution in [0.2, 0.25) is 0 Å². The molecule has 9 nitrogen and oxygen atoms in total. The Hall–Kier alpha value is -3.57. The number of carbonyl (C=O) groups excluding carboxylic acids is 2. The van der Waals surface area contributed by atoms with Crippen molar-refractivity contribution in [1.29, 1.82) is 0 Å². The van der Waals surface area contributed by atoms with E-state index in [2.05, 4.69) is 20.6 Å². The first-order valence-corrected chi connectivity index (χ1v) is 8.52. The number of hydrogen-bond acceptors (Lipinski definition) is 6. The minimum Gasteiger partial charge on any atom is -0.475 e. The topological polar surface area (TPSA) is 133 Å². The Morgan fingerprint density at radius 3 is 2.30 bits per heavy atom. The van der Waals surface area contributed by atoms with Crippen molar-refractivity contribution in [3.8, 4) is 0 Å². The quantitative estimate of drug-likeness (QED) is 0.492. The van der Waals surface area contributed by atoms with E-state index in [4.69, 9.17) is 14.6 Å². The Morgan fingerprint density at radius 1 is 1.23 bits per heavy atom. The van der Waals surface area contributed by atoms with E-state index in [1.807, 2.05) is 30.3 Å². The van der Waals surface area contributed by atoms with E-state index < -0.39 is 30.2 Å². The van der Waals surface area contributed by atoms with Gasteiger partial charge in [-0.1, -0.05) is 18.2 Å². The van der Waals surface area contributed by atoms with Gasteiger partial charge in [0.15, 0.2) is 0 Å². The summed E-state index contributed by atoms with van der Waals surface area (Å²) in [5, 5.41) is 12.9. The SMILES string of the molecule is COC(=O)[C@H](Cc1c[nH]cn1)NC(=O)[C@H](C)Nc1ccccc1.O=C(O)C(F)(F)F. The third-order valence-corrected chi connectivity index (χ3v) is 3.56. The number of H-pyrrole nitrogens is 1. The van der Waals surface area contributed by atoms with Crippen molar-refractivity contribution in [1.82, 2.24) is 15.3 Å². The zero-order valence-corrected chi connectivity index (χ0v) is 16.1. The first-order chi connectivity index (χ1) is 14.0. The number of rotatable bonds is 7. The van der Waals surface area contributed by atoms with Crippen molar-refractivity contribution in [3.05, 3.63) is 48.5 Å². The molecule has 2 aromatic rings. The molecule has 164 valence electrons. The van der Waals surface area contributed by atoms with Gasteiger partial charge in [0, 0.05) is 18.3 Å². The lowest BCUT2D eigenvalue weighted by atomic mass is 10.1. The molecule has 12 heteroatoms. The normalized spacial score (nSPS) is 12.6. The molecular weight excluding hydrogens is 409 g/mol. The van der Waals surface area contributed by atoms with Crippen molar-refractivity contribution in [2.45, 2.75) is 31.6 Å². The summed E-state index contributed by atoms with van der Waals surface area (Å²) < 4.78 is 36.5. The number of benzene rings is 1. The molecule has 30 heavy (non-hydrogen) atoms. The smallest absolute Gasteiger partial charge is 0.475 e. The van der Waals surface area contributed by atoms with Crippen molar-refractivity contribution < 1.29 is 37.4 Å². The average Bonchev–Trinajstić information content (AvgIpc) is 3.20. The van der Waals surface area contributed by atoms with E-state index in [0.29, 0.717) is 5.69 Å². The highest BCUT2D eigenvalue weighted by atomic mass is 19.4. The van der Waals surface area contributed by atoms with Gasteiger partial charge >= 0.3 is 18.1 Å². The zero-order chi connectivity index (χ0) is 22.7. The molecule has 2 atom stereocenters. The molecular formula is C18H21F3N4O5. The molecule has 1 aromatic carbocycles. The number of anilines is 1. The lowest BCUT2D eigenvalue weighted by Gasteiger charge is -2.20. The van der Waals surface area contributed by atoms with Gasteiger partial charge in [-0.2, -0.15) is 13.2 Å². The van der Waals surface area contributed by atoms with Gasteiger partial charge in [0.25, 0.3) is 0 Å². The maximum Gasteiger partial charge on any atom is 0.490 e. The summed E-state index contributed by atoms with van der Waals surface area (Å²) in [6, 6.07) is 8.10. The van der Waals surface area contributed by atoms with Crippen LogP contribution in [0.15, 0.2) is 42.9 Å². The van der Waals surface area contributed by atoms with Gasteiger partial charge in [0.05, 0.1) is 19.1 Å². The summed E-state index contributed by atoms with van der Waals surface area (Å²) in [6.45, 7) is 1.73. The predicted octanol–water partition coefficient (Wildman–Crippen LogP) is 1.74. The Morgan fingerprint density at radius 2 is 1.83 bits per heavy atom. The fraction of sp³-hybridized carbons (Fsp3) is 0.333. The molecule has 0 aliphatic heterocycles. The predicted molar refractivity (Wildman–Crippen MR) is 99.5 cm³/mol. The van der Waals surface area contributed by atoms with E-state index in [9.17, 15) is 22.8 Å². The lowest BCUT2D eigenvalue weighted by molar-refractivity contribution is -0.192. The summed E-state index contributed by atoms with van der Waals surface area (Å²) >= 11 is 0. The number of carboxylic acids is 1. The highest BCUT2D eigenvalue weighted by Gasteiger charge is 2.38. The van der Waals surface area contributed by atoms with E-state index >= 15 is 0 Å². The number of carbonyl (C=O) groups is 3. The maximum absolute atomic E-state index is 12.3. The number of hydrogen-bond donors (Lipinski definition) is 4. The summed E-state index contributed by atoms with van der Waals surface area (Å²) in [4.78, 5) is 39.9. The Bertz CT molecular complexity index is 813. The van der Waals surface area contributed by atoms with Crippen LogP contribution in [0, 0.1) is 0 Å². The molecule has 0 fully saturated rings. The Labute approximate surface area is 169 Å². The second-order valence-corrected chi connectivity index (χ2v) is 5.88. The number of amides is 1. The number of aromatic nitrogens is 2. The number of carboxylic acid groups (broad SMARTS) is 1. The van der Waals surface area contributed by atoms with Crippen LogP contribution in [0.3, 0.4) is 0 Å². The molecule has 1 amide bonds. The summed E-state index contributed by atoms with van der Waals surface area (Å²) in [6.07, 6.45) is -1.63. The first-order valence-electron chi connectivity index (χ1n) is 8.52. The number of methoxy groups -OCH3 is 1. The number of para-hydroxylation sites is 1. The van der Waals surface area contributed by atoms with Crippen LogP contribution in [0.25, 0.3) is 0 Å². The van der Waals surface area contributed by atoms with Crippen molar-refractivity contribution in [2.24, 2.45) is 0 Å². The summed E-state index contributed by atoms with van der Waals surface area (Å²) in [5.74, 6) is -3.56. The number of nitrogens with one attached hydrogen (secondary N) is 3. The molecule has 0 saturated carbocycles. The Balaban J connectivity index is 0.000000553. The van der Waals surface area contributed by atoms with Crippen molar-refractivity contribution in [3.63, 3.8) is 0 Å². The van der Waals surface area contributed by atoms with E-state index in [-0.39, 0.29) is 12.3 Å². The molecule has 0 bridgehead atoms. The van der Waals surface area contributed by atoms with Crippen LogP contribution in [0.1, 0.15) is 12.6 Å². The highest BCUT2D eigenvalue weighted by molar-refractivity contribution is 5.89. The molecule has 0 radical (unpaired) electrons. The van der Waals surface area contributed by atoms with Crippen LogP contribution in [0.4, 0.5) is 18.9 Å². The van der Waals surface area contributed by atoms with E-state index in [1.165, 1.54) is 13.4 Å². The number of halogens is 3. The van der Waals surface area contributed by atoms with Crippen molar-refractivity contribution >= 4 is 23.5 Å². The van der Waals surface area contributed by atoms with Crippen LogP contribution >= 0.6 is 0 Å². The lowest BCUT2D eigenvalue weighted by Crippen LogP contribution is -2.48. The second kappa shape index (κ2) is 11.4. The third kappa shape index (κ3) is 8.63. The number of aromatic amines is 1. The fourth-order valence-corrected chi connectivity index (χ4v) is 2.09. The third-order valence-electron chi connectivity index (χ3n) is 3.56. The summed E-state index contributed by atoms with van der Waals surface area (Å²) in [7, 11) is 1.29. The summed E-state index contributed by atoms with van der Waals surface area (Å²) in [5.41, 5.74) is 1.50. The van der Waals surface area contributed by atoms with Crippen LogP contribution in [0.5, 0.6) is 0 Å². The fourth-order valence-electron chi connectivity index (χ4n) is 2.09. The molecule has 0 aliphatic carbocycles. The Kier molecular flexibility index (Phi) is 9.33. The molecule has 1 aromatic heterocycles. The van der Waals surface area contributed by atoms with E-state index in [0.717, 1.165) is 5.69 Å². The average molecular weight is 430 g/mol. The molecule has 2 rings (SSSR count). The highest BCUT2D eigenvalue weighted by Crippen LogP contribution is 2.13. The van der Waals surface area contributed by atoms with Gasteiger partial charge in [0.2, 0.25) is 5.91 Å². The van der Waals surface area contributed by atoms with Gasteiger partial charge in [-0.05, 0) is 19.1 Å². The molecule has 0 aliphatic rings. The van der Waals surface area contributed by atoms with Gasteiger partial charge in [0.1, 0.15) is 12.1 Å². The monoisotopic (exact) mass is 430 g/mol. The number of imidazole rings is 1. The molecule has 0 saturated heterocycles. The standard InChI is InChI=1S/C16H20N4O3.C2HF3O2/c1-11(19-12-6-4-3-5-7-12)15(21)20-14(16(22)23-2)8-13-9-17-10-18-13;3-2(4,5)1(6)7/h3-7,9-11,14,19H,8H2,1-2H3,(H,17,18)(H,20,21);(H,6,7)/t11-,14-;/m0./s1. The van der Waals surface area contributed by atoms with Gasteiger partial charge < -0.3 is 25.5 Å². The number of ether oxygens (including phenoxy) is 1. The zero-order valence-electron chi connectivity index (χ0n) is 16.1. The second-order valence-electron chi connectivity index (χ2n) is 5.88.